The van der Waals surface area contributed by atoms with E-state index in [4.69, 9.17) is 0 Å². The lowest BCUT2D eigenvalue weighted by atomic mass is 9.84. The van der Waals surface area contributed by atoms with Crippen molar-refractivity contribution in [2.45, 2.75) is 86.1 Å². The van der Waals surface area contributed by atoms with Gasteiger partial charge in [-0.25, -0.2) is 0 Å². The summed E-state index contributed by atoms with van der Waals surface area (Å²) in [5.74, 6) is 6.71. The summed E-state index contributed by atoms with van der Waals surface area (Å²) in [6, 6.07) is 0.0452. The van der Waals surface area contributed by atoms with E-state index in [1.54, 1.807) is 0 Å². The van der Waals surface area contributed by atoms with Crippen molar-refractivity contribution in [2.24, 2.45) is 11.3 Å². The van der Waals surface area contributed by atoms with Gasteiger partial charge in [0.15, 0.2) is 0 Å². The van der Waals surface area contributed by atoms with E-state index < -0.39 is 0 Å². The molecule has 0 aromatic carbocycles. The maximum absolute atomic E-state index is 4.27. The van der Waals surface area contributed by atoms with E-state index in [-0.39, 0.29) is 11.5 Å². The average Bonchev–Trinajstić information content (AvgIpc) is 2.79. The van der Waals surface area contributed by atoms with Gasteiger partial charge < -0.3 is 10.6 Å². The summed E-state index contributed by atoms with van der Waals surface area (Å²) >= 11 is 0. The van der Waals surface area contributed by atoms with E-state index in [9.17, 15) is 0 Å². The highest BCUT2D eigenvalue weighted by Crippen LogP contribution is 2.29. The Kier molecular flexibility index (Phi) is 13.7. The van der Waals surface area contributed by atoms with E-state index in [1.807, 2.05) is 25.3 Å². The molecule has 0 aromatic heterocycles. The van der Waals surface area contributed by atoms with E-state index in [1.165, 1.54) is 16.7 Å². The lowest BCUT2D eigenvalue weighted by Gasteiger charge is -2.34. The van der Waals surface area contributed by atoms with Crippen LogP contribution in [0.5, 0.6) is 0 Å². The highest BCUT2D eigenvalue weighted by atomic mass is 15.0. The van der Waals surface area contributed by atoms with Crippen molar-refractivity contribution >= 4 is 0 Å². The van der Waals surface area contributed by atoms with Crippen LogP contribution in [0.4, 0.5) is 0 Å². The first-order valence-electron chi connectivity index (χ1n) is 12.9. The summed E-state index contributed by atoms with van der Waals surface area (Å²) in [6.07, 6.45) is 23.4. The SMILES string of the molecule is C=C(\C=C/C=C\C(C)=C\CC1CC=C(C)C(=C)C1)NC(C(=C)N/C=C\CCCC#CC)C(C)(C)C. The second-order valence-corrected chi connectivity index (χ2v) is 10.6. The number of hydrogen-bond acceptors (Lipinski definition) is 2. The molecule has 1 rings (SSSR count). The molecule has 0 spiro atoms. The fourth-order valence-corrected chi connectivity index (χ4v) is 3.89. The zero-order valence-electron chi connectivity index (χ0n) is 23.1. The van der Waals surface area contributed by atoms with Crippen LogP contribution in [0, 0.1) is 23.2 Å². The molecule has 0 radical (unpaired) electrons. The maximum atomic E-state index is 4.27. The van der Waals surface area contributed by atoms with Crippen LogP contribution in [-0.4, -0.2) is 6.04 Å². The van der Waals surface area contributed by atoms with Gasteiger partial charge in [0, 0.05) is 17.8 Å². The van der Waals surface area contributed by atoms with Gasteiger partial charge in [-0.1, -0.05) is 93.7 Å². The van der Waals surface area contributed by atoms with Crippen LogP contribution < -0.4 is 10.6 Å². The zero-order chi connectivity index (χ0) is 26.3. The molecular weight excluding hydrogens is 424 g/mol. The van der Waals surface area contributed by atoms with Gasteiger partial charge in [-0.05, 0) is 76.5 Å². The molecule has 0 saturated carbocycles. The molecular formula is C33H48N2. The van der Waals surface area contributed by atoms with Gasteiger partial charge in [-0.15, -0.1) is 11.8 Å². The van der Waals surface area contributed by atoms with Crippen molar-refractivity contribution in [1.29, 1.82) is 0 Å². The minimum atomic E-state index is -0.0151. The lowest BCUT2D eigenvalue weighted by molar-refractivity contribution is 0.313. The Morgan fingerprint density at radius 3 is 2.60 bits per heavy atom. The zero-order valence-corrected chi connectivity index (χ0v) is 23.1. The van der Waals surface area contributed by atoms with E-state index in [0.29, 0.717) is 5.92 Å². The molecule has 0 bridgehead atoms. The number of hydrogen-bond donors (Lipinski definition) is 2. The molecule has 35 heavy (non-hydrogen) atoms. The van der Waals surface area contributed by atoms with Gasteiger partial charge in [-0.2, -0.15) is 0 Å². The third-order valence-corrected chi connectivity index (χ3v) is 6.17. The second-order valence-electron chi connectivity index (χ2n) is 10.6. The van der Waals surface area contributed by atoms with Crippen LogP contribution in [0.15, 0.2) is 96.6 Å². The van der Waals surface area contributed by atoms with Crippen LogP contribution >= 0.6 is 0 Å². The van der Waals surface area contributed by atoms with E-state index >= 15 is 0 Å². The molecule has 2 atom stereocenters. The van der Waals surface area contributed by atoms with Crippen LogP contribution in [0.3, 0.4) is 0 Å². The van der Waals surface area contributed by atoms with Gasteiger partial charge in [0.25, 0.3) is 0 Å². The monoisotopic (exact) mass is 472 g/mol. The minimum absolute atomic E-state index is 0.0151. The van der Waals surface area contributed by atoms with Gasteiger partial charge in [-0.3, -0.25) is 0 Å². The largest absolute Gasteiger partial charge is 0.377 e. The fourth-order valence-electron chi connectivity index (χ4n) is 3.89. The first kappa shape index (κ1) is 30.1. The molecule has 0 heterocycles. The van der Waals surface area contributed by atoms with Crippen LogP contribution in [-0.2, 0) is 0 Å². The summed E-state index contributed by atoms with van der Waals surface area (Å²) in [5.41, 5.74) is 5.71. The molecule has 0 aromatic rings. The van der Waals surface area contributed by atoms with Gasteiger partial charge in [0.05, 0.1) is 6.04 Å². The van der Waals surface area contributed by atoms with Crippen molar-refractivity contribution in [3.63, 3.8) is 0 Å². The van der Waals surface area contributed by atoms with Crippen LogP contribution in [0.25, 0.3) is 0 Å². The Hall–Kier alpha value is -2.92. The van der Waals surface area contributed by atoms with Gasteiger partial charge in [0.2, 0.25) is 0 Å². The highest BCUT2D eigenvalue weighted by molar-refractivity contribution is 5.30. The predicted molar refractivity (Wildman–Crippen MR) is 157 cm³/mol. The van der Waals surface area contributed by atoms with Gasteiger partial charge in [0.1, 0.15) is 0 Å². The Morgan fingerprint density at radius 2 is 1.94 bits per heavy atom. The minimum Gasteiger partial charge on any atom is -0.377 e. The molecule has 0 fully saturated rings. The molecule has 2 N–H and O–H groups in total. The summed E-state index contributed by atoms with van der Waals surface area (Å²) in [6.45, 7) is 25.5. The third kappa shape index (κ3) is 12.9. The summed E-state index contributed by atoms with van der Waals surface area (Å²) in [4.78, 5) is 0. The molecule has 1 aliphatic carbocycles. The van der Waals surface area contributed by atoms with Crippen molar-refractivity contribution in [3.8, 4) is 11.8 Å². The smallest absolute Gasteiger partial charge is 0.0705 e. The third-order valence-electron chi connectivity index (χ3n) is 6.17. The first-order valence-corrected chi connectivity index (χ1v) is 12.9. The predicted octanol–water partition coefficient (Wildman–Crippen LogP) is 8.68. The quantitative estimate of drug-likeness (QED) is 0.159. The van der Waals surface area contributed by atoms with E-state index in [0.717, 1.165) is 49.9 Å². The molecule has 1 aliphatic rings. The molecule has 2 nitrogen and oxygen atoms in total. The topological polar surface area (TPSA) is 24.1 Å². The summed E-state index contributed by atoms with van der Waals surface area (Å²) < 4.78 is 0. The maximum Gasteiger partial charge on any atom is 0.0705 e. The van der Waals surface area contributed by atoms with Crippen LogP contribution in [0.2, 0.25) is 0 Å². The molecule has 0 amide bonds. The van der Waals surface area contributed by atoms with Gasteiger partial charge >= 0.3 is 0 Å². The van der Waals surface area contributed by atoms with Crippen molar-refractivity contribution in [3.05, 3.63) is 96.6 Å². The van der Waals surface area contributed by atoms with Crippen molar-refractivity contribution in [1.82, 2.24) is 10.6 Å². The van der Waals surface area contributed by atoms with Crippen LogP contribution in [0.1, 0.15) is 80.1 Å². The number of allylic oxidation sites excluding steroid dienone is 10. The Labute approximate surface area is 216 Å². The number of unbranched alkanes of at least 4 members (excludes halogenated alkanes) is 2. The fraction of sp³-hybridized carbons (Fsp3) is 0.455. The highest BCUT2D eigenvalue weighted by Gasteiger charge is 2.26. The Morgan fingerprint density at radius 1 is 1.23 bits per heavy atom. The first-order chi connectivity index (χ1) is 16.5. The standard InChI is InChI=1S/C33H48N2/c1-10-11-12-13-14-17-24-34-30(6)32(33(7,8)9)35-29(5)19-16-15-18-26(2)20-22-31-23-21-27(3)28(4)25-31/h15-21,24,31-32,34-35H,4-6,12-14,22-23,25H2,1-3,7-9H3/b18-15-,19-16-,24-17-,26-20+. The molecule has 2 unspecified atom stereocenters. The molecule has 0 aliphatic heterocycles. The number of rotatable bonds is 13. The van der Waals surface area contributed by atoms with Crippen molar-refractivity contribution < 1.29 is 0 Å². The lowest BCUT2D eigenvalue weighted by Crippen LogP contribution is -2.43. The Bertz CT molecular complexity index is 932. The molecule has 2 heteroatoms. The summed E-state index contributed by atoms with van der Waals surface area (Å²) in [7, 11) is 0. The number of nitrogens with one attached hydrogen (secondary N) is 2. The second kappa shape index (κ2) is 15.9. The molecule has 0 saturated heterocycles. The van der Waals surface area contributed by atoms with E-state index in [2.05, 4.69) is 107 Å². The van der Waals surface area contributed by atoms with Crippen molar-refractivity contribution in [2.75, 3.05) is 0 Å². The average molecular weight is 473 g/mol. The molecule has 190 valence electrons. The summed E-state index contributed by atoms with van der Waals surface area (Å²) in [5, 5.41) is 6.88. The Balaban J connectivity index is 2.54. The normalized spacial score (nSPS) is 17.9.